The number of para-hydroxylation sites is 1. The highest BCUT2D eigenvalue weighted by Gasteiger charge is 2.14. The van der Waals surface area contributed by atoms with Gasteiger partial charge in [0.1, 0.15) is 5.58 Å². The Morgan fingerprint density at radius 1 is 0.778 bits per heavy atom. The third kappa shape index (κ3) is 2.68. The third-order valence-electron chi connectivity index (χ3n) is 4.92. The molecule has 3 aromatic heterocycles. The maximum atomic E-state index is 6.13. The number of aryl methyl sites for hydroxylation is 2. The highest BCUT2D eigenvalue weighted by Crippen LogP contribution is 2.35. The van der Waals surface area contributed by atoms with Crippen molar-refractivity contribution in [1.82, 2.24) is 9.97 Å². The van der Waals surface area contributed by atoms with E-state index in [4.69, 9.17) is 4.42 Å². The Morgan fingerprint density at radius 2 is 1.63 bits per heavy atom. The summed E-state index contributed by atoms with van der Waals surface area (Å²) in [4.78, 5) is 9.14. The van der Waals surface area contributed by atoms with Crippen LogP contribution in [0.5, 0.6) is 0 Å². The molecule has 0 radical (unpaired) electrons. The lowest BCUT2D eigenvalue weighted by Gasteiger charge is -2.06. The Balaban J connectivity index is 1.70. The summed E-state index contributed by atoms with van der Waals surface area (Å²) in [5, 5.41) is 2.10. The molecule has 0 aliphatic rings. The van der Waals surface area contributed by atoms with Crippen LogP contribution in [0.4, 0.5) is 0 Å². The molecule has 0 unspecified atom stereocenters. The van der Waals surface area contributed by atoms with Crippen LogP contribution in [-0.4, -0.2) is 9.97 Å². The summed E-state index contributed by atoms with van der Waals surface area (Å²) in [6.07, 6.45) is 1.86. The Labute approximate surface area is 157 Å². The fourth-order valence-corrected chi connectivity index (χ4v) is 3.48. The molecule has 2 aromatic carbocycles. The van der Waals surface area contributed by atoms with E-state index < -0.39 is 0 Å². The molecule has 0 amide bonds. The number of benzene rings is 2. The predicted molar refractivity (Wildman–Crippen MR) is 110 cm³/mol. The van der Waals surface area contributed by atoms with Crippen LogP contribution in [0.25, 0.3) is 44.5 Å². The summed E-state index contributed by atoms with van der Waals surface area (Å²) in [5.41, 5.74) is 7.91. The van der Waals surface area contributed by atoms with Crippen molar-refractivity contribution in [1.29, 1.82) is 0 Å². The Morgan fingerprint density at radius 3 is 2.48 bits per heavy atom. The minimum absolute atomic E-state index is 0.673. The van der Waals surface area contributed by atoms with Crippen molar-refractivity contribution in [2.24, 2.45) is 0 Å². The molecule has 0 fully saturated rings. The second kappa shape index (κ2) is 6.06. The molecule has 3 heteroatoms. The standard InChI is InChI=1S/C24H18N2O/c1-15-6-9-17(10-7-15)18-12-13-25-22(14-18)21-5-3-4-19-20-11-8-16(2)26-24(20)27-23(19)21/h3-14H,1-2H3. The van der Waals surface area contributed by atoms with E-state index in [-0.39, 0.29) is 0 Å². The first kappa shape index (κ1) is 15.8. The van der Waals surface area contributed by atoms with Crippen molar-refractivity contribution in [3.05, 3.63) is 84.2 Å². The van der Waals surface area contributed by atoms with Gasteiger partial charge in [-0.15, -0.1) is 0 Å². The summed E-state index contributed by atoms with van der Waals surface area (Å²) < 4.78 is 6.13. The summed E-state index contributed by atoms with van der Waals surface area (Å²) in [6.45, 7) is 4.07. The van der Waals surface area contributed by atoms with Gasteiger partial charge in [-0.25, -0.2) is 4.98 Å². The van der Waals surface area contributed by atoms with E-state index >= 15 is 0 Å². The van der Waals surface area contributed by atoms with E-state index in [1.165, 1.54) is 11.1 Å². The van der Waals surface area contributed by atoms with Crippen molar-refractivity contribution < 1.29 is 4.42 Å². The number of pyridine rings is 2. The summed E-state index contributed by atoms with van der Waals surface area (Å²) >= 11 is 0. The van der Waals surface area contributed by atoms with E-state index in [0.29, 0.717) is 5.71 Å². The van der Waals surface area contributed by atoms with Gasteiger partial charge in [0.2, 0.25) is 5.71 Å². The summed E-state index contributed by atoms with van der Waals surface area (Å²) in [6, 6.07) is 23.0. The molecule has 130 valence electrons. The van der Waals surface area contributed by atoms with Gasteiger partial charge in [-0.3, -0.25) is 4.98 Å². The first-order valence-electron chi connectivity index (χ1n) is 9.01. The molecule has 27 heavy (non-hydrogen) atoms. The van der Waals surface area contributed by atoms with Gasteiger partial charge in [-0.1, -0.05) is 42.0 Å². The largest absolute Gasteiger partial charge is 0.437 e. The fourth-order valence-electron chi connectivity index (χ4n) is 3.48. The van der Waals surface area contributed by atoms with Gasteiger partial charge < -0.3 is 4.42 Å². The zero-order valence-electron chi connectivity index (χ0n) is 15.2. The van der Waals surface area contributed by atoms with Crippen LogP contribution in [0.3, 0.4) is 0 Å². The van der Waals surface area contributed by atoms with Crippen LogP contribution in [0.15, 0.2) is 77.3 Å². The molecular formula is C24H18N2O. The normalized spacial score (nSPS) is 11.3. The van der Waals surface area contributed by atoms with E-state index in [1.807, 2.05) is 31.3 Å². The number of nitrogens with zero attached hydrogens (tertiary/aromatic N) is 2. The van der Waals surface area contributed by atoms with Crippen molar-refractivity contribution in [2.75, 3.05) is 0 Å². The van der Waals surface area contributed by atoms with Gasteiger partial charge in [-0.05, 0) is 55.3 Å². The molecule has 0 bridgehead atoms. The molecule has 0 N–H and O–H groups in total. The summed E-state index contributed by atoms with van der Waals surface area (Å²) in [5.74, 6) is 0. The number of aromatic nitrogens is 2. The molecule has 3 nitrogen and oxygen atoms in total. The minimum atomic E-state index is 0.673. The van der Waals surface area contributed by atoms with Crippen LogP contribution in [0.1, 0.15) is 11.3 Å². The van der Waals surface area contributed by atoms with Crippen LogP contribution >= 0.6 is 0 Å². The highest BCUT2D eigenvalue weighted by molar-refractivity contribution is 6.08. The average Bonchev–Trinajstić information content (AvgIpc) is 3.06. The monoisotopic (exact) mass is 350 g/mol. The Hall–Kier alpha value is -3.46. The molecule has 0 aliphatic carbocycles. The molecule has 3 heterocycles. The van der Waals surface area contributed by atoms with Crippen LogP contribution < -0.4 is 0 Å². The fraction of sp³-hybridized carbons (Fsp3) is 0.0833. The van der Waals surface area contributed by atoms with E-state index in [2.05, 4.69) is 65.4 Å². The molecule has 0 spiro atoms. The smallest absolute Gasteiger partial charge is 0.227 e. The van der Waals surface area contributed by atoms with Crippen LogP contribution in [0, 0.1) is 13.8 Å². The Kier molecular flexibility index (Phi) is 3.54. The van der Waals surface area contributed by atoms with Crippen molar-refractivity contribution >= 4 is 22.1 Å². The predicted octanol–water partition coefficient (Wildman–Crippen LogP) is 6.33. The molecule has 5 rings (SSSR count). The first-order valence-corrected chi connectivity index (χ1v) is 9.01. The SMILES string of the molecule is Cc1ccc(-c2ccnc(-c3cccc4c3oc3nc(C)ccc34)c2)cc1. The zero-order chi connectivity index (χ0) is 18.4. The lowest BCUT2D eigenvalue weighted by molar-refractivity contribution is 0.653. The number of furan rings is 1. The zero-order valence-corrected chi connectivity index (χ0v) is 15.2. The number of hydrogen-bond donors (Lipinski definition) is 0. The molecule has 0 aliphatic heterocycles. The third-order valence-corrected chi connectivity index (χ3v) is 4.92. The number of hydrogen-bond acceptors (Lipinski definition) is 3. The number of rotatable bonds is 2. The van der Waals surface area contributed by atoms with E-state index in [1.54, 1.807) is 0 Å². The van der Waals surface area contributed by atoms with Crippen molar-refractivity contribution in [3.63, 3.8) is 0 Å². The molecule has 0 atom stereocenters. The topological polar surface area (TPSA) is 38.9 Å². The van der Waals surface area contributed by atoms with Gasteiger partial charge >= 0.3 is 0 Å². The highest BCUT2D eigenvalue weighted by atomic mass is 16.3. The van der Waals surface area contributed by atoms with Gasteiger partial charge in [-0.2, -0.15) is 0 Å². The Bertz CT molecular complexity index is 1280. The van der Waals surface area contributed by atoms with Crippen molar-refractivity contribution in [3.8, 4) is 22.4 Å². The van der Waals surface area contributed by atoms with Gasteiger partial charge in [0.05, 0.1) is 5.69 Å². The molecule has 5 aromatic rings. The minimum Gasteiger partial charge on any atom is -0.437 e. The molecule has 0 saturated heterocycles. The maximum Gasteiger partial charge on any atom is 0.227 e. The second-order valence-electron chi connectivity index (χ2n) is 6.89. The maximum absolute atomic E-state index is 6.13. The molecule has 0 saturated carbocycles. The van der Waals surface area contributed by atoms with Crippen LogP contribution in [0.2, 0.25) is 0 Å². The lowest BCUT2D eigenvalue weighted by atomic mass is 10.0. The van der Waals surface area contributed by atoms with Crippen molar-refractivity contribution in [2.45, 2.75) is 13.8 Å². The average molecular weight is 350 g/mol. The van der Waals surface area contributed by atoms with Crippen LogP contribution in [-0.2, 0) is 0 Å². The first-order chi connectivity index (χ1) is 13.2. The molecular weight excluding hydrogens is 332 g/mol. The van der Waals surface area contributed by atoms with E-state index in [0.717, 1.165) is 38.9 Å². The second-order valence-corrected chi connectivity index (χ2v) is 6.89. The number of fused-ring (bicyclic) bond motifs is 3. The van der Waals surface area contributed by atoms with Gasteiger partial charge in [0.25, 0.3) is 0 Å². The van der Waals surface area contributed by atoms with Gasteiger partial charge in [0.15, 0.2) is 0 Å². The quantitative estimate of drug-likeness (QED) is 0.373. The summed E-state index contributed by atoms with van der Waals surface area (Å²) in [7, 11) is 0. The van der Waals surface area contributed by atoms with E-state index in [9.17, 15) is 0 Å². The van der Waals surface area contributed by atoms with Gasteiger partial charge in [0, 0.05) is 28.2 Å². The lowest BCUT2D eigenvalue weighted by Crippen LogP contribution is -1.86.